The Morgan fingerprint density at radius 1 is 1.30 bits per heavy atom. The molecule has 23 heavy (non-hydrogen) atoms. The third-order valence-electron chi connectivity index (χ3n) is 6.63. The van der Waals surface area contributed by atoms with Gasteiger partial charge in [0, 0.05) is 31.3 Å². The summed E-state index contributed by atoms with van der Waals surface area (Å²) < 4.78 is 17.2. The summed E-state index contributed by atoms with van der Waals surface area (Å²) >= 11 is 0. The van der Waals surface area contributed by atoms with Crippen LogP contribution in [-0.2, 0) is 19.0 Å². The second-order valence-corrected chi connectivity index (χ2v) is 8.83. The third kappa shape index (κ3) is 2.19. The monoisotopic (exact) mass is 326 g/mol. The van der Waals surface area contributed by atoms with Gasteiger partial charge in [0.05, 0.1) is 12.2 Å². The SMILES string of the molecule is CO[C@@H]1OC[C@@]2(C)CC(C)(C)[C@@H]3[C@@H](OC(C)=O)C[C@@H](C)[C@H]1[C@@]32O. The number of rotatable bonds is 2. The van der Waals surface area contributed by atoms with Crippen molar-refractivity contribution in [3.8, 4) is 0 Å². The summed E-state index contributed by atoms with van der Waals surface area (Å²) in [7, 11) is 1.64. The van der Waals surface area contributed by atoms with Gasteiger partial charge in [-0.25, -0.2) is 0 Å². The van der Waals surface area contributed by atoms with Crippen LogP contribution in [0.5, 0.6) is 0 Å². The quantitative estimate of drug-likeness (QED) is 0.789. The third-order valence-corrected chi connectivity index (χ3v) is 6.63. The Bertz CT molecular complexity index is 504. The highest BCUT2D eigenvalue weighted by atomic mass is 16.7. The van der Waals surface area contributed by atoms with Gasteiger partial charge in [-0.3, -0.25) is 4.79 Å². The number of aliphatic hydroxyl groups is 1. The van der Waals surface area contributed by atoms with Crippen molar-refractivity contribution >= 4 is 5.97 Å². The van der Waals surface area contributed by atoms with Crippen molar-refractivity contribution in [2.75, 3.05) is 13.7 Å². The average molecular weight is 326 g/mol. The lowest BCUT2D eigenvalue weighted by Crippen LogP contribution is -2.69. The summed E-state index contributed by atoms with van der Waals surface area (Å²) in [6.07, 6.45) is 0.923. The van der Waals surface area contributed by atoms with Gasteiger partial charge in [0.2, 0.25) is 0 Å². The molecular formula is C18H30O5. The van der Waals surface area contributed by atoms with Gasteiger partial charge in [-0.15, -0.1) is 0 Å². The van der Waals surface area contributed by atoms with Crippen molar-refractivity contribution in [2.24, 2.45) is 28.6 Å². The Labute approximate surface area is 138 Å². The summed E-state index contributed by atoms with van der Waals surface area (Å²) in [5.41, 5.74) is -1.44. The summed E-state index contributed by atoms with van der Waals surface area (Å²) in [5, 5.41) is 12.0. The van der Waals surface area contributed by atoms with E-state index < -0.39 is 11.9 Å². The molecule has 0 unspecified atom stereocenters. The van der Waals surface area contributed by atoms with Crippen LogP contribution in [0.4, 0.5) is 0 Å². The molecule has 0 aromatic rings. The maximum Gasteiger partial charge on any atom is 0.302 e. The molecule has 0 spiro atoms. The maximum absolute atomic E-state index is 12.0. The lowest BCUT2D eigenvalue weighted by atomic mass is 9.54. The Morgan fingerprint density at radius 2 is 1.96 bits per heavy atom. The molecule has 132 valence electrons. The summed E-state index contributed by atoms with van der Waals surface area (Å²) in [5.74, 6) is -0.334. The average Bonchev–Trinajstić information content (AvgIpc) is 2.56. The maximum atomic E-state index is 12.0. The van der Waals surface area contributed by atoms with Crippen LogP contribution in [0.15, 0.2) is 0 Å². The lowest BCUT2D eigenvalue weighted by Gasteiger charge is -2.59. The summed E-state index contributed by atoms with van der Waals surface area (Å²) in [6.45, 7) is 10.5. The van der Waals surface area contributed by atoms with Crippen LogP contribution in [0.1, 0.15) is 47.5 Å². The van der Waals surface area contributed by atoms with Crippen LogP contribution in [-0.4, -0.2) is 42.8 Å². The fourth-order valence-electron chi connectivity index (χ4n) is 6.26. The zero-order valence-electron chi connectivity index (χ0n) is 15.1. The zero-order valence-corrected chi connectivity index (χ0v) is 15.1. The lowest BCUT2D eigenvalue weighted by molar-refractivity contribution is -0.324. The van der Waals surface area contributed by atoms with Crippen LogP contribution in [0.3, 0.4) is 0 Å². The van der Waals surface area contributed by atoms with Crippen LogP contribution in [0, 0.1) is 28.6 Å². The molecule has 2 saturated carbocycles. The zero-order chi connectivity index (χ0) is 17.2. The molecule has 1 N–H and O–H groups in total. The number of hydrogen-bond donors (Lipinski definition) is 1. The molecule has 0 bridgehead atoms. The largest absolute Gasteiger partial charge is 0.462 e. The smallest absolute Gasteiger partial charge is 0.302 e. The van der Waals surface area contributed by atoms with E-state index in [-0.39, 0.29) is 40.7 Å². The van der Waals surface area contributed by atoms with Crippen LogP contribution >= 0.6 is 0 Å². The molecule has 5 nitrogen and oxygen atoms in total. The molecule has 7 atom stereocenters. The van der Waals surface area contributed by atoms with Gasteiger partial charge in [-0.2, -0.15) is 0 Å². The molecule has 3 rings (SSSR count). The van der Waals surface area contributed by atoms with Gasteiger partial charge >= 0.3 is 5.97 Å². The normalized spacial score (nSPS) is 51.2. The molecule has 1 heterocycles. The molecule has 5 heteroatoms. The van der Waals surface area contributed by atoms with Gasteiger partial charge in [0.1, 0.15) is 6.10 Å². The van der Waals surface area contributed by atoms with E-state index in [1.54, 1.807) is 7.11 Å². The Kier molecular flexibility index (Phi) is 3.86. The molecule has 1 aliphatic heterocycles. The Balaban J connectivity index is 2.11. The molecule has 0 aromatic carbocycles. The van der Waals surface area contributed by atoms with E-state index >= 15 is 0 Å². The fourth-order valence-corrected chi connectivity index (χ4v) is 6.26. The first kappa shape index (κ1) is 17.2. The first-order chi connectivity index (χ1) is 10.6. The van der Waals surface area contributed by atoms with Gasteiger partial charge in [0.25, 0.3) is 0 Å². The van der Waals surface area contributed by atoms with Gasteiger partial charge < -0.3 is 19.3 Å². The van der Waals surface area contributed by atoms with Crippen molar-refractivity contribution in [3.05, 3.63) is 0 Å². The minimum atomic E-state index is -0.951. The number of carbonyl (C=O) groups excluding carboxylic acids is 1. The minimum absolute atomic E-state index is 0.105. The van der Waals surface area contributed by atoms with E-state index in [0.717, 1.165) is 12.8 Å². The van der Waals surface area contributed by atoms with Crippen molar-refractivity contribution in [1.82, 2.24) is 0 Å². The summed E-state index contributed by atoms with van der Waals surface area (Å²) in [6, 6.07) is 0. The fraction of sp³-hybridized carbons (Fsp3) is 0.944. The predicted molar refractivity (Wildman–Crippen MR) is 84.5 cm³/mol. The minimum Gasteiger partial charge on any atom is -0.462 e. The van der Waals surface area contributed by atoms with E-state index in [0.29, 0.717) is 6.61 Å². The van der Waals surface area contributed by atoms with Crippen LogP contribution in [0.2, 0.25) is 0 Å². The second kappa shape index (κ2) is 5.17. The highest BCUT2D eigenvalue weighted by molar-refractivity contribution is 5.66. The Hall–Kier alpha value is -0.650. The van der Waals surface area contributed by atoms with Crippen molar-refractivity contribution < 1.29 is 24.1 Å². The number of methoxy groups -OCH3 is 1. The Morgan fingerprint density at radius 3 is 2.52 bits per heavy atom. The highest BCUT2D eigenvalue weighted by Gasteiger charge is 2.74. The van der Waals surface area contributed by atoms with E-state index in [4.69, 9.17) is 14.2 Å². The molecule has 2 aliphatic carbocycles. The highest BCUT2D eigenvalue weighted by Crippen LogP contribution is 2.69. The standard InChI is InChI=1S/C18H30O5/c1-10-7-12(23-11(2)19)14-16(3,4)8-17(5)9-22-15(21-6)13(10)18(14,17)20/h10,12-15,20H,7-9H2,1-6H3/t10-,12+,13-,14+,15-,17-,18-/m1/s1. The molecule has 0 radical (unpaired) electrons. The predicted octanol–water partition coefficient (Wildman–Crippen LogP) is 2.36. The van der Waals surface area contributed by atoms with Crippen LogP contribution in [0.25, 0.3) is 0 Å². The molecule has 0 amide bonds. The van der Waals surface area contributed by atoms with E-state index in [1.165, 1.54) is 6.92 Å². The van der Waals surface area contributed by atoms with Crippen LogP contribution < -0.4 is 0 Å². The molecule has 3 aliphatic rings. The molecule has 3 fully saturated rings. The van der Waals surface area contributed by atoms with E-state index in [1.807, 2.05) is 0 Å². The van der Waals surface area contributed by atoms with Crippen molar-refractivity contribution in [1.29, 1.82) is 0 Å². The summed E-state index contributed by atoms with van der Waals surface area (Å²) in [4.78, 5) is 11.6. The molecule has 0 aromatic heterocycles. The van der Waals surface area contributed by atoms with Gasteiger partial charge in [-0.1, -0.05) is 27.7 Å². The number of esters is 1. The number of carbonyl (C=O) groups is 1. The molecular weight excluding hydrogens is 296 g/mol. The first-order valence-corrected chi connectivity index (χ1v) is 8.61. The molecule has 1 saturated heterocycles. The number of hydrogen-bond acceptors (Lipinski definition) is 5. The van der Waals surface area contributed by atoms with E-state index in [9.17, 15) is 9.90 Å². The van der Waals surface area contributed by atoms with Crippen molar-refractivity contribution in [3.63, 3.8) is 0 Å². The van der Waals surface area contributed by atoms with Crippen molar-refractivity contribution in [2.45, 2.75) is 65.5 Å². The van der Waals surface area contributed by atoms with Gasteiger partial charge in [0.15, 0.2) is 6.29 Å². The topological polar surface area (TPSA) is 65.0 Å². The first-order valence-electron chi connectivity index (χ1n) is 8.61. The second-order valence-electron chi connectivity index (χ2n) is 8.83. The van der Waals surface area contributed by atoms with E-state index in [2.05, 4.69) is 27.7 Å². The number of ether oxygens (including phenoxy) is 3. The van der Waals surface area contributed by atoms with Gasteiger partial charge in [-0.05, 0) is 24.2 Å².